The Balaban J connectivity index is 1.56. The maximum Gasteiger partial charge on any atom is 0.255 e. The molecule has 24 heavy (non-hydrogen) atoms. The minimum atomic E-state index is 0.112. The van der Waals surface area contributed by atoms with Gasteiger partial charge in [0.1, 0.15) is 0 Å². The highest BCUT2D eigenvalue weighted by Crippen LogP contribution is 2.52. The van der Waals surface area contributed by atoms with Crippen LogP contribution in [-0.2, 0) is 0 Å². The molecule has 3 heterocycles. The topological polar surface area (TPSA) is 51.0 Å². The van der Waals surface area contributed by atoms with Crippen molar-refractivity contribution in [2.24, 2.45) is 10.8 Å². The molecule has 126 valence electrons. The third-order valence-electron chi connectivity index (χ3n) is 5.41. The second kappa shape index (κ2) is 5.16. The lowest BCUT2D eigenvalue weighted by molar-refractivity contribution is 0.0708. The van der Waals surface area contributed by atoms with E-state index in [1.165, 1.54) is 6.42 Å². The maximum absolute atomic E-state index is 13.0. The van der Waals surface area contributed by atoms with Gasteiger partial charge in [-0.2, -0.15) is 5.10 Å². The van der Waals surface area contributed by atoms with Crippen molar-refractivity contribution in [1.29, 1.82) is 0 Å². The Labute approximate surface area is 142 Å². The highest BCUT2D eigenvalue weighted by molar-refractivity contribution is 5.94. The number of rotatable bonds is 2. The van der Waals surface area contributed by atoms with E-state index in [2.05, 4.69) is 35.8 Å². The lowest BCUT2D eigenvalue weighted by Gasteiger charge is -2.39. The zero-order chi connectivity index (χ0) is 16.9. The van der Waals surface area contributed by atoms with Crippen LogP contribution in [-0.4, -0.2) is 38.2 Å². The van der Waals surface area contributed by atoms with Crippen molar-refractivity contribution in [3.05, 3.63) is 42.4 Å². The Morgan fingerprint density at radius 2 is 2.08 bits per heavy atom. The van der Waals surface area contributed by atoms with Gasteiger partial charge in [-0.05, 0) is 48.3 Å². The van der Waals surface area contributed by atoms with Crippen LogP contribution in [0.4, 0.5) is 0 Å². The fraction of sp³-hybridized carbons (Fsp3) is 0.526. The number of fused-ring (bicyclic) bond motifs is 2. The smallest absolute Gasteiger partial charge is 0.255 e. The van der Waals surface area contributed by atoms with E-state index in [9.17, 15) is 4.79 Å². The molecule has 1 amide bonds. The lowest BCUT2D eigenvalue weighted by Crippen LogP contribution is -2.37. The lowest BCUT2D eigenvalue weighted by atomic mass is 9.65. The van der Waals surface area contributed by atoms with Gasteiger partial charge in [-0.3, -0.25) is 4.79 Å². The molecule has 0 aromatic carbocycles. The number of hydrogen-bond acceptors (Lipinski definition) is 3. The molecule has 5 nitrogen and oxygen atoms in total. The first-order chi connectivity index (χ1) is 11.4. The standard InChI is InChI=1S/C19H24N4O/c1-18(2)9-15-10-19(3,12-18)13-22(15)17(24)14-5-6-16(20-11-14)23-8-4-7-21-23/h4-8,11,15H,9-10,12-13H2,1-3H3. The van der Waals surface area contributed by atoms with Crippen LogP contribution >= 0.6 is 0 Å². The summed E-state index contributed by atoms with van der Waals surface area (Å²) >= 11 is 0. The third kappa shape index (κ3) is 2.62. The molecule has 2 unspecified atom stereocenters. The Morgan fingerprint density at radius 1 is 1.25 bits per heavy atom. The molecular weight excluding hydrogens is 300 g/mol. The Hall–Kier alpha value is -2.17. The van der Waals surface area contributed by atoms with Gasteiger partial charge in [-0.25, -0.2) is 9.67 Å². The molecule has 1 aliphatic heterocycles. The second-order valence-electron chi connectivity index (χ2n) is 8.50. The van der Waals surface area contributed by atoms with Gasteiger partial charge < -0.3 is 4.90 Å². The Kier molecular flexibility index (Phi) is 3.31. The number of nitrogens with zero attached hydrogens (tertiary/aromatic N) is 4. The van der Waals surface area contributed by atoms with Gasteiger partial charge in [-0.15, -0.1) is 0 Å². The number of carbonyl (C=O) groups excluding carboxylic acids is 1. The van der Waals surface area contributed by atoms with Crippen molar-refractivity contribution in [2.75, 3.05) is 6.54 Å². The Morgan fingerprint density at radius 3 is 2.75 bits per heavy atom. The molecule has 1 saturated carbocycles. The van der Waals surface area contributed by atoms with E-state index in [1.54, 1.807) is 17.1 Å². The van der Waals surface area contributed by atoms with Crippen LogP contribution in [0.1, 0.15) is 50.4 Å². The van der Waals surface area contributed by atoms with E-state index in [-0.39, 0.29) is 11.3 Å². The average Bonchev–Trinajstić information content (AvgIpc) is 3.12. The summed E-state index contributed by atoms with van der Waals surface area (Å²) in [4.78, 5) is 19.5. The van der Waals surface area contributed by atoms with Gasteiger partial charge in [0.2, 0.25) is 0 Å². The Bertz CT molecular complexity index is 750. The van der Waals surface area contributed by atoms with Crippen molar-refractivity contribution < 1.29 is 4.79 Å². The van der Waals surface area contributed by atoms with E-state index in [0.29, 0.717) is 17.0 Å². The molecule has 2 aliphatic rings. The number of pyridine rings is 1. The summed E-state index contributed by atoms with van der Waals surface area (Å²) in [6.45, 7) is 7.84. The van der Waals surface area contributed by atoms with Crippen LogP contribution in [0.2, 0.25) is 0 Å². The van der Waals surface area contributed by atoms with Crippen LogP contribution in [0.15, 0.2) is 36.8 Å². The predicted molar refractivity (Wildman–Crippen MR) is 91.9 cm³/mol. The van der Waals surface area contributed by atoms with Crippen molar-refractivity contribution in [1.82, 2.24) is 19.7 Å². The summed E-state index contributed by atoms with van der Waals surface area (Å²) in [5.41, 5.74) is 1.24. The molecule has 2 aromatic rings. The number of amides is 1. The van der Waals surface area contributed by atoms with Crippen LogP contribution in [0.3, 0.4) is 0 Å². The molecule has 4 rings (SSSR count). The van der Waals surface area contributed by atoms with Gasteiger partial charge in [0.25, 0.3) is 5.91 Å². The highest BCUT2D eigenvalue weighted by Gasteiger charge is 2.51. The predicted octanol–water partition coefficient (Wildman–Crippen LogP) is 3.31. The first-order valence-electron chi connectivity index (χ1n) is 8.62. The fourth-order valence-corrected chi connectivity index (χ4v) is 4.92. The molecule has 2 atom stereocenters. The van der Waals surface area contributed by atoms with Gasteiger partial charge in [0.15, 0.2) is 5.82 Å². The third-order valence-corrected chi connectivity index (χ3v) is 5.41. The molecule has 2 bridgehead atoms. The van der Waals surface area contributed by atoms with E-state index in [0.717, 1.165) is 25.2 Å². The zero-order valence-electron chi connectivity index (χ0n) is 14.6. The molecule has 1 aliphatic carbocycles. The van der Waals surface area contributed by atoms with Crippen LogP contribution in [0.5, 0.6) is 0 Å². The second-order valence-corrected chi connectivity index (χ2v) is 8.50. The molecule has 2 fully saturated rings. The number of likely N-dealkylation sites (tertiary alicyclic amines) is 1. The summed E-state index contributed by atoms with van der Waals surface area (Å²) in [5, 5.41) is 4.17. The maximum atomic E-state index is 13.0. The summed E-state index contributed by atoms with van der Waals surface area (Å²) in [5.74, 6) is 0.839. The normalized spacial score (nSPS) is 28.1. The van der Waals surface area contributed by atoms with Crippen molar-refractivity contribution in [3.63, 3.8) is 0 Å². The first kappa shape index (κ1) is 15.4. The van der Waals surface area contributed by atoms with Crippen molar-refractivity contribution >= 4 is 5.91 Å². The summed E-state index contributed by atoms with van der Waals surface area (Å²) in [6, 6.07) is 5.93. The largest absolute Gasteiger partial charge is 0.335 e. The van der Waals surface area contributed by atoms with E-state index < -0.39 is 0 Å². The zero-order valence-corrected chi connectivity index (χ0v) is 14.6. The van der Waals surface area contributed by atoms with Crippen molar-refractivity contribution in [3.8, 4) is 5.82 Å². The molecule has 5 heteroatoms. The molecular formula is C19H24N4O. The first-order valence-corrected chi connectivity index (χ1v) is 8.62. The minimum Gasteiger partial charge on any atom is -0.335 e. The van der Waals surface area contributed by atoms with E-state index >= 15 is 0 Å². The monoisotopic (exact) mass is 324 g/mol. The number of carbonyl (C=O) groups is 1. The van der Waals surface area contributed by atoms with E-state index in [4.69, 9.17) is 0 Å². The van der Waals surface area contributed by atoms with Gasteiger partial charge >= 0.3 is 0 Å². The highest BCUT2D eigenvalue weighted by atomic mass is 16.2. The van der Waals surface area contributed by atoms with Crippen molar-refractivity contribution in [2.45, 2.75) is 46.1 Å². The quantitative estimate of drug-likeness (QED) is 0.851. The molecule has 1 saturated heterocycles. The van der Waals surface area contributed by atoms with Crippen LogP contribution in [0, 0.1) is 10.8 Å². The minimum absolute atomic E-state index is 0.112. The fourth-order valence-electron chi connectivity index (χ4n) is 4.92. The number of hydrogen-bond donors (Lipinski definition) is 0. The summed E-state index contributed by atoms with van der Waals surface area (Å²) < 4.78 is 1.70. The SMILES string of the molecule is CC1(C)CC2CC(C)(CN2C(=O)c2ccc(-n3cccn3)nc2)C1. The number of aromatic nitrogens is 3. The summed E-state index contributed by atoms with van der Waals surface area (Å²) in [7, 11) is 0. The van der Waals surface area contributed by atoms with E-state index in [1.807, 2.05) is 24.4 Å². The molecule has 2 aromatic heterocycles. The van der Waals surface area contributed by atoms with Crippen LogP contribution in [0.25, 0.3) is 5.82 Å². The van der Waals surface area contributed by atoms with Crippen LogP contribution < -0.4 is 0 Å². The molecule has 0 spiro atoms. The molecule has 0 N–H and O–H groups in total. The van der Waals surface area contributed by atoms with Gasteiger partial charge in [-0.1, -0.05) is 20.8 Å². The summed E-state index contributed by atoms with van der Waals surface area (Å²) in [6.07, 6.45) is 8.64. The van der Waals surface area contributed by atoms with Gasteiger partial charge in [0.05, 0.1) is 5.56 Å². The average molecular weight is 324 g/mol. The van der Waals surface area contributed by atoms with Gasteiger partial charge in [0, 0.05) is 31.2 Å². The molecule has 0 radical (unpaired) electrons.